The van der Waals surface area contributed by atoms with Crippen LogP contribution in [0.5, 0.6) is 5.75 Å². The van der Waals surface area contributed by atoms with Crippen LogP contribution < -0.4 is 14.8 Å². The van der Waals surface area contributed by atoms with E-state index in [1.165, 1.54) is 10.4 Å². The zero-order valence-corrected chi connectivity index (χ0v) is 23.8. The molecule has 0 bridgehead atoms. The van der Waals surface area contributed by atoms with E-state index in [0.717, 1.165) is 36.7 Å². The van der Waals surface area contributed by atoms with Crippen molar-refractivity contribution in [3.05, 3.63) is 76.2 Å². The number of likely N-dealkylation sites (tertiary alicyclic amines) is 1. The Morgan fingerprint density at radius 2 is 1.76 bits per heavy atom. The molecule has 11 heteroatoms. The molecule has 2 heterocycles. The van der Waals surface area contributed by atoms with Crippen LogP contribution in [0, 0.1) is 10.8 Å². The molecular weight excluding hydrogens is 542 g/mol. The largest absolute Gasteiger partial charge is 0.490 e. The van der Waals surface area contributed by atoms with Crippen molar-refractivity contribution < 1.29 is 22.7 Å². The molecule has 1 fully saturated rings. The lowest BCUT2D eigenvalue weighted by molar-refractivity contribution is -0.137. The van der Waals surface area contributed by atoms with Crippen molar-refractivity contribution in [3.8, 4) is 5.75 Å². The number of hydrogen-bond acceptors (Lipinski definition) is 7. The first-order valence-corrected chi connectivity index (χ1v) is 14.9. The first-order chi connectivity index (χ1) is 19.6. The number of anilines is 1. The molecule has 0 unspecified atom stereocenters. The third-order valence-electron chi connectivity index (χ3n) is 7.36. The van der Waals surface area contributed by atoms with Crippen molar-refractivity contribution in [2.75, 3.05) is 24.0 Å². The highest BCUT2D eigenvalue weighted by Gasteiger charge is 2.38. The number of carbonyl (C=O) groups is 1. The van der Waals surface area contributed by atoms with Gasteiger partial charge in [-0.2, -0.15) is 0 Å². The molecule has 0 radical (unpaired) electrons. The second-order valence-corrected chi connectivity index (χ2v) is 12.0. The molecule has 0 aromatic heterocycles. The molecule has 10 nitrogen and oxygen atoms in total. The third-order valence-corrected chi connectivity index (χ3v) is 9.11. The minimum Gasteiger partial charge on any atom is -0.490 e. The lowest BCUT2D eigenvalue weighted by atomic mass is 10.0. The number of ether oxygens (including phenoxy) is 2. The molecule has 1 saturated heterocycles. The highest BCUT2D eigenvalue weighted by Crippen LogP contribution is 2.38. The summed E-state index contributed by atoms with van der Waals surface area (Å²) in [6.45, 7) is 4.90. The first-order valence-electron chi connectivity index (χ1n) is 13.5. The van der Waals surface area contributed by atoms with Gasteiger partial charge in [0.2, 0.25) is 0 Å². The highest BCUT2D eigenvalue weighted by molar-refractivity contribution is 7.97. The van der Waals surface area contributed by atoms with Crippen molar-refractivity contribution in [1.29, 1.82) is 10.8 Å². The van der Waals surface area contributed by atoms with E-state index in [4.69, 9.17) is 26.0 Å². The van der Waals surface area contributed by atoms with Crippen molar-refractivity contribution in [2.24, 2.45) is 5.73 Å². The quantitative estimate of drug-likeness (QED) is 0.217. The van der Waals surface area contributed by atoms with E-state index >= 15 is 0 Å². The summed E-state index contributed by atoms with van der Waals surface area (Å²) in [6.07, 6.45) is 2.86. The van der Waals surface area contributed by atoms with Gasteiger partial charge in [-0.05, 0) is 66.6 Å². The number of amidine groups is 2. The molecule has 0 saturated carbocycles. The third kappa shape index (κ3) is 5.76. The summed E-state index contributed by atoms with van der Waals surface area (Å²) >= 11 is 0. The maximum Gasteiger partial charge on any atom is 0.351 e. The van der Waals surface area contributed by atoms with E-state index in [0.29, 0.717) is 34.0 Å². The monoisotopic (exact) mass is 575 g/mol. The van der Waals surface area contributed by atoms with Crippen molar-refractivity contribution >= 4 is 50.2 Å². The van der Waals surface area contributed by atoms with Crippen LogP contribution in [0.2, 0.25) is 0 Å². The summed E-state index contributed by atoms with van der Waals surface area (Å²) in [5, 5.41) is 17.3. The molecule has 214 valence electrons. The highest BCUT2D eigenvalue weighted by atomic mass is 32.2. The van der Waals surface area contributed by atoms with Crippen LogP contribution in [0.25, 0.3) is 16.8 Å². The predicted octanol–water partition coefficient (Wildman–Crippen LogP) is 4.22. The number of piperidine rings is 1. The van der Waals surface area contributed by atoms with Gasteiger partial charge in [-0.15, -0.1) is 0 Å². The zero-order chi connectivity index (χ0) is 29.3. The number of nitrogens with zero attached hydrogens (tertiary/aromatic N) is 2. The van der Waals surface area contributed by atoms with Crippen LogP contribution in [-0.4, -0.2) is 56.8 Å². The van der Waals surface area contributed by atoms with Gasteiger partial charge in [0.15, 0.2) is 4.91 Å². The Kier molecular flexibility index (Phi) is 7.72. The average molecular weight is 576 g/mol. The van der Waals surface area contributed by atoms with E-state index in [-0.39, 0.29) is 25.1 Å². The number of carbonyl (C=O) groups excluding carboxylic acids is 1. The number of nitrogens with one attached hydrogen (secondary N) is 2. The van der Waals surface area contributed by atoms with Crippen LogP contribution >= 0.6 is 0 Å². The van der Waals surface area contributed by atoms with Gasteiger partial charge >= 0.3 is 5.97 Å². The number of sulfonamides is 1. The van der Waals surface area contributed by atoms with Gasteiger partial charge in [-0.3, -0.25) is 15.1 Å². The van der Waals surface area contributed by atoms with Gasteiger partial charge in [0.1, 0.15) is 17.7 Å². The average Bonchev–Trinajstić information content (AvgIpc) is 2.94. The van der Waals surface area contributed by atoms with Gasteiger partial charge < -0.3 is 20.1 Å². The maximum absolute atomic E-state index is 13.7. The van der Waals surface area contributed by atoms with Crippen LogP contribution in [0.15, 0.2) is 59.5 Å². The van der Waals surface area contributed by atoms with Crippen LogP contribution in [0.4, 0.5) is 5.69 Å². The van der Waals surface area contributed by atoms with E-state index in [1.807, 2.05) is 29.2 Å². The van der Waals surface area contributed by atoms with Gasteiger partial charge in [0.05, 0.1) is 24.7 Å². The summed E-state index contributed by atoms with van der Waals surface area (Å²) in [5.74, 6) is 0.159. The number of nitrogens with two attached hydrogens (primary N) is 1. The lowest BCUT2D eigenvalue weighted by Crippen LogP contribution is -2.40. The van der Waals surface area contributed by atoms with Crippen LogP contribution in [0.1, 0.15) is 43.4 Å². The zero-order valence-electron chi connectivity index (χ0n) is 23.0. The summed E-state index contributed by atoms with van der Waals surface area (Å²) in [7, 11) is -4.23. The minimum absolute atomic E-state index is 0.0199. The Hall–Kier alpha value is -4.38. The second kappa shape index (κ2) is 11.2. The van der Waals surface area contributed by atoms with Crippen molar-refractivity contribution in [1.82, 2.24) is 4.90 Å². The van der Waals surface area contributed by atoms with Gasteiger partial charge in [0, 0.05) is 37.1 Å². The number of esters is 1. The molecule has 5 rings (SSSR count). The molecule has 41 heavy (non-hydrogen) atoms. The number of fused-ring (bicyclic) bond motifs is 2. The molecular formula is C30H33N5O5S. The molecule has 2 aliphatic heterocycles. The Labute approximate surface area is 239 Å². The van der Waals surface area contributed by atoms with Gasteiger partial charge in [-0.25, -0.2) is 13.2 Å². The first kappa shape index (κ1) is 28.2. The topological polar surface area (TPSA) is 150 Å². The Balaban J connectivity index is 1.49. The SMILES string of the molecule is CCOC(=O)C1=Cc2cc(OC3CCN(C(C)=N)CC3)ccc2N(Cc2ccc3ccc(C(=N)N)cc3c2)S1(=O)=O. The molecule has 0 aliphatic carbocycles. The molecule has 3 aromatic carbocycles. The number of hydrogen-bond donors (Lipinski definition) is 3. The number of rotatable bonds is 7. The maximum atomic E-state index is 13.7. The molecule has 3 aromatic rings. The summed E-state index contributed by atoms with van der Waals surface area (Å²) in [4.78, 5) is 14.4. The summed E-state index contributed by atoms with van der Waals surface area (Å²) < 4.78 is 40.1. The van der Waals surface area contributed by atoms with Gasteiger partial charge in [-0.1, -0.05) is 24.3 Å². The Morgan fingerprint density at radius 3 is 2.44 bits per heavy atom. The molecule has 4 N–H and O–H groups in total. The molecule has 2 aliphatic rings. The molecule has 0 amide bonds. The summed E-state index contributed by atoms with van der Waals surface area (Å²) in [6, 6.07) is 16.2. The smallest absolute Gasteiger partial charge is 0.351 e. The van der Waals surface area contributed by atoms with Crippen LogP contribution in [-0.2, 0) is 26.1 Å². The normalized spacial score (nSPS) is 16.6. The molecule has 0 spiro atoms. The fraction of sp³-hybridized carbons (Fsp3) is 0.300. The number of benzene rings is 3. The van der Waals surface area contributed by atoms with E-state index in [9.17, 15) is 13.2 Å². The Bertz CT molecular complexity index is 1680. The minimum atomic E-state index is -4.23. The Morgan fingerprint density at radius 1 is 1.02 bits per heavy atom. The fourth-order valence-corrected chi connectivity index (χ4v) is 6.71. The fourth-order valence-electron chi connectivity index (χ4n) is 5.18. The van der Waals surface area contributed by atoms with Gasteiger partial charge in [0.25, 0.3) is 10.0 Å². The molecule has 0 atom stereocenters. The van der Waals surface area contributed by atoms with E-state index in [1.54, 1.807) is 44.2 Å². The van der Waals surface area contributed by atoms with E-state index in [2.05, 4.69) is 0 Å². The predicted molar refractivity (Wildman–Crippen MR) is 160 cm³/mol. The van der Waals surface area contributed by atoms with E-state index < -0.39 is 20.9 Å². The standard InChI is InChI=1S/C30H33N5O5S/c1-3-39-30(36)28-17-24-16-26(40-25-10-12-34(13-11-25)19(2)31)8-9-27(24)35(41(28,37)38)18-20-4-5-21-6-7-22(29(32)33)15-23(21)14-20/h4-9,14-17,25,31H,3,10-13,18H2,1-2H3,(H3,32,33). The lowest BCUT2D eigenvalue weighted by Gasteiger charge is -2.33. The second-order valence-electron chi connectivity index (χ2n) is 10.2. The number of nitrogen functional groups attached to an aromatic ring is 1. The van der Waals surface area contributed by atoms with Crippen molar-refractivity contribution in [3.63, 3.8) is 0 Å². The summed E-state index contributed by atoms with van der Waals surface area (Å²) in [5.41, 5.74) is 7.90. The van der Waals surface area contributed by atoms with Crippen LogP contribution in [0.3, 0.4) is 0 Å². The van der Waals surface area contributed by atoms with Crippen molar-refractivity contribution in [2.45, 2.75) is 39.3 Å².